The van der Waals surface area contributed by atoms with E-state index in [1.54, 1.807) is 0 Å². The van der Waals surface area contributed by atoms with Gasteiger partial charge in [0.1, 0.15) is 0 Å². The van der Waals surface area contributed by atoms with Gasteiger partial charge in [-0.05, 0) is 0 Å². The molecule has 1 aromatic heterocycles. The molecule has 0 saturated heterocycles. The van der Waals surface area contributed by atoms with Gasteiger partial charge in [-0.25, -0.2) is 4.98 Å². The molecule has 0 atom stereocenters. The van der Waals surface area contributed by atoms with Crippen molar-refractivity contribution in [3.05, 3.63) is 12.4 Å². The third kappa shape index (κ3) is 4.64. The fourth-order valence-corrected chi connectivity index (χ4v) is 0.803. The molecule has 0 bridgehead atoms. The topological polar surface area (TPSA) is 83.1 Å². The van der Waals surface area contributed by atoms with Gasteiger partial charge < -0.3 is 4.98 Å². The van der Waals surface area contributed by atoms with Gasteiger partial charge in [-0.15, -0.1) is 0 Å². The molecule has 1 heterocycles. The van der Waals surface area contributed by atoms with Crippen LogP contribution in [0.5, 0.6) is 0 Å². The second-order valence-electron chi connectivity index (χ2n) is 1.37. The Bertz CT molecular complexity index is 282. The van der Waals surface area contributed by atoms with E-state index in [1.807, 2.05) is 0 Å². The summed E-state index contributed by atoms with van der Waals surface area (Å²) in [5, 5.41) is -0.428. The Morgan fingerprint density at radius 2 is 2.00 bits per heavy atom. The van der Waals surface area contributed by atoms with Crippen LogP contribution in [0.1, 0.15) is 0 Å². The standard InChI is InChI=1S/C3H4N2O3S.2Na.2H/c6-9(7,8)3-4-1-2-5-3;;;;/h1-2H,(H,4,5)(H,6,7,8);;;;. The van der Waals surface area contributed by atoms with Crippen molar-refractivity contribution < 1.29 is 13.0 Å². The number of imidazole rings is 1. The second-order valence-corrected chi connectivity index (χ2v) is 2.71. The molecule has 0 unspecified atom stereocenters. The van der Waals surface area contributed by atoms with E-state index < -0.39 is 15.3 Å². The third-order valence-corrected chi connectivity index (χ3v) is 1.43. The Kier molecular flexibility index (Phi) is 7.60. The first kappa shape index (κ1) is 14.6. The summed E-state index contributed by atoms with van der Waals surface area (Å²) in [6.07, 6.45) is 2.55. The summed E-state index contributed by atoms with van der Waals surface area (Å²) in [5.41, 5.74) is 0. The number of hydrogen-bond acceptors (Lipinski definition) is 3. The monoisotopic (exact) mass is 196 g/mol. The zero-order valence-corrected chi connectivity index (χ0v) is 5.09. The number of nitrogens with one attached hydrogen (secondary N) is 1. The van der Waals surface area contributed by atoms with Crippen molar-refractivity contribution >= 4 is 69.2 Å². The summed E-state index contributed by atoms with van der Waals surface area (Å²) in [6, 6.07) is 0. The Balaban J connectivity index is 0. The molecule has 0 saturated carbocycles. The van der Waals surface area contributed by atoms with Crippen molar-refractivity contribution in [1.82, 2.24) is 9.97 Å². The van der Waals surface area contributed by atoms with E-state index in [0.717, 1.165) is 0 Å². The van der Waals surface area contributed by atoms with E-state index in [-0.39, 0.29) is 59.1 Å². The van der Waals surface area contributed by atoms with Gasteiger partial charge in [-0.2, -0.15) is 8.42 Å². The summed E-state index contributed by atoms with van der Waals surface area (Å²) in [6.45, 7) is 0. The van der Waals surface area contributed by atoms with Crippen LogP contribution in [0.3, 0.4) is 0 Å². The van der Waals surface area contributed by atoms with Crippen LogP contribution in [0, 0.1) is 0 Å². The van der Waals surface area contributed by atoms with Gasteiger partial charge in [-0.1, -0.05) is 0 Å². The average Bonchev–Trinajstić information content (AvgIpc) is 2.08. The number of H-pyrrole nitrogens is 1. The first-order chi connectivity index (χ1) is 4.11. The van der Waals surface area contributed by atoms with Crippen LogP contribution < -0.4 is 0 Å². The molecule has 0 spiro atoms. The van der Waals surface area contributed by atoms with E-state index in [9.17, 15) is 8.42 Å². The zero-order valence-electron chi connectivity index (χ0n) is 4.27. The molecule has 0 radical (unpaired) electrons. The van der Waals surface area contributed by atoms with E-state index >= 15 is 0 Å². The Hall–Kier alpha value is 1.12. The first-order valence-electron chi connectivity index (χ1n) is 2.07. The molecule has 0 aliphatic carbocycles. The van der Waals surface area contributed by atoms with Crippen LogP contribution >= 0.6 is 0 Å². The van der Waals surface area contributed by atoms with E-state index in [1.165, 1.54) is 12.4 Å². The molecule has 1 aromatic rings. The van der Waals surface area contributed by atoms with Gasteiger partial charge >= 0.3 is 69.2 Å². The summed E-state index contributed by atoms with van der Waals surface area (Å²) in [7, 11) is -4.13. The maximum absolute atomic E-state index is 10.2. The fourth-order valence-electron chi connectivity index (χ4n) is 0.392. The molecular formula is C3H6N2Na2O3S. The molecule has 0 aromatic carbocycles. The van der Waals surface area contributed by atoms with Gasteiger partial charge in [0.25, 0.3) is 5.16 Å². The molecule has 11 heavy (non-hydrogen) atoms. The maximum atomic E-state index is 10.2. The SMILES string of the molecule is O=S(=O)(O)c1ncc[nH]1.[NaH].[NaH]. The van der Waals surface area contributed by atoms with Crippen LogP contribution in [0.25, 0.3) is 0 Å². The quantitative estimate of drug-likeness (QED) is 0.417. The number of aromatic amines is 1. The van der Waals surface area contributed by atoms with Gasteiger partial charge in [0, 0.05) is 12.4 Å². The Morgan fingerprint density at radius 1 is 1.45 bits per heavy atom. The van der Waals surface area contributed by atoms with Crippen molar-refractivity contribution in [3.8, 4) is 0 Å². The predicted octanol–water partition coefficient (Wildman–Crippen LogP) is -1.64. The van der Waals surface area contributed by atoms with Gasteiger partial charge in [-0.3, -0.25) is 4.55 Å². The molecular weight excluding hydrogens is 190 g/mol. The Labute approximate surface area is 108 Å². The van der Waals surface area contributed by atoms with Crippen molar-refractivity contribution in [3.63, 3.8) is 0 Å². The predicted molar refractivity (Wildman–Crippen MR) is 42.7 cm³/mol. The normalized spacial score (nSPS) is 9.55. The molecule has 0 aliphatic heterocycles. The number of nitrogens with zero attached hydrogens (tertiary/aromatic N) is 1. The fraction of sp³-hybridized carbons (Fsp3) is 0. The van der Waals surface area contributed by atoms with Crippen LogP contribution in [0.4, 0.5) is 0 Å². The van der Waals surface area contributed by atoms with Gasteiger partial charge in [0.05, 0.1) is 0 Å². The van der Waals surface area contributed by atoms with Gasteiger partial charge in [0.15, 0.2) is 0 Å². The second kappa shape index (κ2) is 5.71. The molecule has 0 fully saturated rings. The van der Waals surface area contributed by atoms with Crippen LogP contribution in [0.15, 0.2) is 17.6 Å². The summed E-state index contributed by atoms with van der Waals surface area (Å²) in [4.78, 5) is 5.52. The molecule has 1 rings (SSSR count). The summed E-state index contributed by atoms with van der Waals surface area (Å²) in [5.74, 6) is 0. The third-order valence-electron chi connectivity index (χ3n) is 0.717. The van der Waals surface area contributed by atoms with Crippen LogP contribution in [-0.2, 0) is 10.1 Å². The summed E-state index contributed by atoms with van der Waals surface area (Å²) < 4.78 is 28.6. The average molecular weight is 196 g/mol. The molecule has 5 nitrogen and oxygen atoms in total. The van der Waals surface area contributed by atoms with E-state index in [2.05, 4.69) is 9.97 Å². The minimum absolute atomic E-state index is 0. The molecule has 0 amide bonds. The van der Waals surface area contributed by atoms with Crippen LogP contribution in [-0.4, -0.2) is 82.1 Å². The van der Waals surface area contributed by atoms with Gasteiger partial charge in [0.2, 0.25) is 0 Å². The molecule has 2 N–H and O–H groups in total. The minimum atomic E-state index is -4.13. The zero-order chi connectivity index (χ0) is 6.91. The first-order valence-corrected chi connectivity index (χ1v) is 3.51. The van der Waals surface area contributed by atoms with Crippen molar-refractivity contribution in [2.45, 2.75) is 5.16 Å². The molecule has 54 valence electrons. The van der Waals surface area contributed by atoms with Crippen molar-refractivity contribution in [1.29, 1.82) is 0 Å². The van der Waals surface area contributed by atoms with Crippen molar-refractivity contribution in [2.24, 2.45) is 0 Å². The number of aromatic nitrogens is 2. The summed E-state index contributed by atoms with van der Waals surface area (Å²) >= 11 is 0. The van der Waals surface area contributed by atoms with E-state index in [0.29, 0.717) is 0 Å². The van der Waals surface area contributed by atoms with Crippen LogP contribution in [0.2, 0.25) is 0 Å². The van der Waals surface area contributed by atoms with E-state index in [4.69, 9.17) is 4.55 Å². The molecule has 8 heteroatoms. The number of hydrogen-bond donors (Lipinski definition) is 2. The number of rotatable bonds is 1. The Morgan fingerprint density at radius 3 is 2.18 bits per heavy atom. The molecule has 0 aliphatic rings. The van der Waals surface area contributed by atoms with Crippen molar-refractivity contribution in [2.75, 3.05) is 0 Å².